The van der Waals surface area contributed by atoms with Gasteiger partial charge >= 0.3 is 7.82 Å². The van der Waals surface area contributed by atoms with Crippen molar-refractivity contribution < 1.29 is 19.2 Å². The topological polar surface area (TPSA) is 121 Å². The van der Waals surface area contributed by atoms with Crippen molar-refractivity contribution in [3.8, 4) is 0 Å². The first-order valence-corrected chi connectivity index (χ1v) is 8.12. The van der Waals surface area contributed by atoms with Crippen LogP contribution in [-0.2, 0) is 4.57 Å². The van der Waals surface area contributed by atoms with E-state index in [0.29, 0.717) is 20.8 Å². The van der Waals surface area contributed by atoms with Gasteiger partial charge in [0.1, 0.15) is 12.7 Å². The third-order valence-electron chi connectivity index (χ3n) is 2.10. The second kappa shape index (κ2) is 8.03. The summed E-state index contributed by atoms with van der Waals surface area (Å²) in [6.45, 7) is 1.81. The highest BCUT2D eigenvalue weighted by molar-refractivity contribution is 7.45. The van der Waals surface area contributed by atoms with Crippen molar-refractivity contribution in [2.24, 2.45) is 5.10 Å². The van der Waals surface area contributed by atoms with Crippen LogP contribution in [0.15, 0.2) is 29.9 Å². The van der Waals surface area contributed by atoms with E-state index >= 15 is 0 Å². The van der Waals surface area contributed by atoms with Gasteiger partial charge in [0.15, 0.2) is 0 Å². The Bertz CT molecular complexity index is 709. The largest absolute Gasteiger partial charge is 0.466 e. The molecule has 1 aromatic heterocycles. The molecular weight excluding hydrogens is 377 g/mol. The maximum Gasteiger partial charge on any atom is 0.466 e. The van der Waals surface area contributed by atoms with Crippen molar-refractivity contribution in [2.75, 3.05) is 0 Å². The van der Waals surface area contributed by atoms with Gasteiger partial charge in [0, 0.05) is 5.56 Å². The molecule has 0 aliphatic carbocycles. The molecule has 22 heavy (non-hydrogen) atoms. The fourth-order valence-corrected chi connectivity index (χ4v) is 1.95. The second-order valence-corrected chi connectivity index (χ2v) is 5.95. The summed E-state index contributed by atoms with van der Waals surface area (Å²) in [5.41, 5.74) is 1.41. The number of halogens is 3. The first-order valence-electron chi connectivity index (χ1n) is 5.42. The molecule has 0 amide bonds. The molecular formula is C10H10Cl3N4O4P. The number of aromatic nitrogens is 3. The Morgan fingerprint density at radius 2 is 1.64 bits per heavy atom. The van der Waals surface area contributed by atoms with Crippen LogP contribution in [-0.4, -0.2) is 35.3 Å². The quantitative estimate of drug-likeness (QED) is 0.414. The summed E-state index contributed by atoms with van der Waals surface area (Å²) >= 11 is 17.9. The number of phosphoric acid groups is 1. The molecule has 1 aromatic carbocycles. The summed E-state index contributed by atoms with van der Waals surface area (Å²) in [4.78, 5) is 21.6. The van der Waals surface area contributed by atoms with Crippen LogP contribution in [0.25, 0.3) is 0 Å². The van der Waals surface area contributed by atoms with E-state index in [-0.39, 0.29) is 0 Å². The Kier molecular flexibility index (Phi) is 6.96. The van der Waals surface area contributed by atoms with Gasteiger partial charge in [-0.15, -0.1) is 10.2 Å². The maximum atomic E-state index is 8.88. The first-order chi connectivity index (χ1) is 10.1. The summed E-state index contributed by atoms with van der Waals surface area (Å²) < 4.78 is 10.4. The second-order valence-electron chi connectivity index (χ2n) is 3.76. The van der Waals surface area contributed by atoms with E-state index in [2.05, 4.69) is 15.3 Å². The van der Waals surface area contributed by atoms with E-state index in [4.69, 9.17) is 54.0 Å². The van der Waals surface area contributed by atoms with Crippen molar-refractivity contribution in [2.45, 2.75) is 6.92 Å². The van der Waals surface area contributed by atoms with E-state index in [1.807, 2.05) is 6.92 Å². The van der Waals surface area contributed by atoms with Crippen LogP contribution < -0.4 is 0 Å². The zero-order chi connectivity index (χ0) is 16.9. The average molecular weight is 388 g/mol. The van der Waals surface area contributed by atoms with Crippen molar-refractivity contribution in [3.05, 3.63) is 45.4 Å². The molecule has 0 spiro atoms. The molecule has 0 unspecified atom stereocenters. The van der Waals surface area contributed by atoms with Crippen LogP contribution in [0.2, 0.25) is 15.1 Å². The van der Waals surface area contributed by atoms with E-state index in [9.17, 15) is 0 Å². The molecule has 0 aliphatic rings. The summed E-state index contributed by atoms with van der Waals surface area (Å²) in [6, 6.07) is 3.44. The SMILES string of the molecule is CC(=Nn1cnnc1)c1ccc(Cl)c(Cl)c1Cl.O=P(O)(O)O. The summed E-state index contributed by atoms with van der Waals surface area (Å²) in [6.07, 6.45) is 2.96. The Morgan fingerprint density at radius 1 is 1.14 bits per heavy atom. The zero-order valence-electron chi connectivity index (χ0n) is 10.9. The molecule has 0 radical (unpaired) electrons. The lowest BCUT2D eigenvalue weighted by molar-refractivity contribution is 0.275. The summed E-state index contributed by atoms with van der Waals surface area (Å²) in [5.74, 6) is 0. The molecule has 12 heteroatoms. The van der Waals surface area contributed by atoms with Crippen molar-refractivity contribution in [3.63, 3.8) is 0 Å². The highest BCUT2D eigenvalue weighted by atomic mass is 35.5. The van der Waals surface area contributed by atoms with Crippen LogP contribution in [0.3, 0.4) is 0 Å². The van der Waals surface area contributed by atoms with Gasteiger partial charge in [0.2, 0.25) is 0 Å². The van der Waals surface area contributed by atoms with Gasteiger partial charge in [-0.25, -0.2) is 9.24 Å². The monoisotopic (exact) mass is 386 g/mol. The van der Waals surface area contributed by atoms with Gasteiger partial charge in [-0.2, -0.15) is 5.10 Å². The minimum atomic E-state index is -4.64. The van der Waals surface area contributed by atoms with Crippen LogP contribution in [0, 0.1) is 0 Å². The van der Waals surface area contributed by atoms with Crippen LogP contribution >= 0.6 is 42.6 Å². The van der Waals surface area contributed by atoms with Gasteiger partial charge in [-0.1, -0.05) is 40.9 Å². The lowest BCUT2D eigenvalue weighted by Gasteiger charge is -2.06. The molecule has 0 saturated heterocycles. The molecule has 2 aromatic rings. The number of benzene rings is 1. The number of nitrogens with zero attached hydrogens (tertiary/aromatic N) is 4. The molecule has 0 bridgehead atoms. The Hall–Kier alpha value is -0.990. The van der Waals surface area contributed by atoms with Crippen molar-refractivity contribution in [1.82, 2.24) is 14.9 Å². The minimum absolute atomic E-state index is 0.323. The molecule has 1 heterocycles. The molecule has 0 aliphatic heterocycles. The van der Waals surface area contributed by atoms with Gasteiger partial charge < -0.3 is 14.7 Å². The third-order valence-corrected chi connectivity index (χ3v) is 3.39. The summed E-state index contributed by atoms with van der Waals surface area (Å²) in [5, 5.41) is 12.7. The summed E-state index contributed by atoms with van der Waals surface area (Å²) in [7, 11) is -4.64. The van der Waals surface area contributed by atoms with Gasteiger partial charge in [0.05, 0.1) is 20.8 Å². The van der Waals surface area contributed by atoms with Crippen LogP contribution in [0.4, 0.5) is 0 Å². The lowest BCUT2D eigenvalue weighted by Crippen LogP contribution is -2.00. The van der Waals surface area contributed by atoms with Gasteiger partial charge in [-0.3, -0.25) is 0 Å². The number of hydrogen-bond acceptors (Lipinski definition) is 4. The fraction of sp³-hybridized carbons (Fsp3) is 0.100. The predicted octanol–water partition coefficient (Wildman–Crippen LogP) is 2.58. The Morgan fingerprint density at radius 3 is 2.14 bits per heavy atom. The third kappa shape index (κ3) is 6.41. The van der Waals surface area contributed by atoms with Crippen molar-refractivity contribution in [1.29, 1.82) is 0 Å². The van der Waals surface area contributed by atoms with E-state index < -0.39 is 7.82 Å². The zero-order valence-corrected chi connectivity index (χ0v) is 14.1. The van der Waals surface area contributed by atoms with Crippen LogP contribution in [0.5, 0.6) is 0 Å². The van der Waals surface area contributed by atoms with Crippen LogP contribution in [0.1, 0.15) is 12.5 Å². The smallest absolute Gasteiger partial charge is 0.303 e. The molecule has 0 fully saturated rings. The van der Waals surface area contributed by atoms with E-state index in [0.717, 1.165) is 5.56 Å². The average Bonchev–Trinajstić information content (AvgIpc) is 2.86. The van der Waals surface area contributed by atoms with Gasteiger partial charge in [0.25, 0.3) is 0 Å². The normalized spacial score (nSPS) is 11.9. The predicted molar refractivity (Wildman–Crippen MR) is 83.4 cm³/mol. The number of hydrogen-bond donors (Lipinski definition) is 3. The maximum absolute atomic E-state index is 8.88. The first kappa shape index (κ1) is 19.1. The Balaban J connectivity index is 0.000000422. The van der Waals surface area contributed by atoms with E-state index in [1.165, 1.54) is 17.3 Å². The van der Waals surface area contributed by atoms with Crippen molar-refractivity contribution >= 4 is 48.3 Å². The molecule has 0 atom stereocenters. The lowest BCUT2D eigenvalue weighted by atomic mass is 10.1. The fourth-order valence-electron chi connectivity index (χ4n) is 1.28. The number of rotatable bonds is 2. The molecule has 2 rings (SSSR count). The van der Waals surface area contributed by atoms with Gasteiger partial charge in [-0.05, 0) is 13.0 Å². The highest BCUT2D eigenvalue weighted by Crippen LogP contribution is 2.32. The molecule has 8 nitrogen and oxygen atoms in total. The molecule has 120 valence electrons. The standard InChI is InChI=1S/C10H7Cl3N4.H3O4P/c1-6(16-17-4-14-15-5-17)7-2-3-8(11)10(13)9(7)12;1-5(2,3)4/h2-5H,1H3;(H3,1,2,3,4). The molecule has 0 saturated carbocycles. The highest BCUT2D eigenvalue weighted by Gasteiger charge is 2.11. The Labute approximate surface area is 140 Å². The van der Waals surface area contributed by atoms with E-state index in [1.54, 1.807) is 12.1 Å². The molecule has 3 N–H and O–H groups in total. The minimum Gasteiger partial charge on any atom is -0.303 e.